The quantitative estimate of drug-likeness (QED) is 0.587. The van der Waals surface area contributed by atoms with E-state index < -0.39 is 10.0 Å². The Kier molecular flexibility index (Phi) is 5.39. The fourth-order valence-electron chi connectivity index (χ4n) is 3.03. The van der Waals surface area contributed by atoms with Crippen LogP contribution in [0.5, 0.6) is 0 Å². The molecule has 6 heteroatoms. The first-order chi connectivity index (χ1) is 13.1. The summed E-state index contributed by atoms with van der Waals surface area (Å²) in [5, 5.41) is 2.09. The van der Waals surface area contributed by atoms with Crippen molar-refractivity contribution in [3.05, 3.63) is 84.8 Å². The summed E-state index contributed by atoms with van der Waals surface area (Å²) in [4.78, 5) is 4.12. The number of nitrogens with two attached hydrogens (primary N) is 1. The molecule has 0 saturated heterocycles. The average molecular weight is 379 g/mol. The first-order valence-corrected chi connectivity index (χ1v) is 9.92. The van der Waals surface area contributed by atoms with Crippen molar-refractivity contribution in [2.75, 3.05) is 7.05 Å². The van der Waals surface area contributed by atoms with Crippen LogP contribution in [-0.2, 0) is 10.0 Å². The highest BCUT2D eigenvalue weighted by molar-refractivity contribution is 7.90. The van der Waals surface area contributed by atoms with Crippen molar-refractivity contribution >= 4 is 20.8 Å². The van der Waals surface area contributed by atoms with Gasteiger partial charge in [-0.3, -0.25) is 4.98 Å². The van der Waals surface area contributed by atoms with Gasteiger partial charge in [0.05, 0.1) is 5.69 Å². The molecule has 0 radical (unpaired) electrons. The van der Waals surface area contributed by atoms with Gasteiger partial charge in [0.2, 0.25) is 0 Å². The van der Waals surface area contributed by atoms with Gasteiger partial charge in [-0.2, -0.15) is 0 Å². The van der Waals surface area contributed by atoms with Crippen molar-refractivity contribution in [1.29, 1.82) is 0 Å². The van der Waals surface area contributed by atoms with E-state index in [1.165, 1.54) is 17.2 Å². The minimum atomic E-state index is -3.71. The maximum Gasteiger partial charge on any atom is 0.269 e. The fourth-order valence-corrected chi connectivity index (χ4v) is 4.42. The molecule has 2 aromatic heterocycles. The van der Waals surface area contributed by atoms with Crippen LogP contribution in [0.25, 0.3) is 22.0 Å². The molecule has 0 bridgehead atoms. The number of pyridine rings is 1. The van der Waals surface area contributed by atoms with Gasteiger partial charge in [-0.25, -0.2) is 12.4 Å². The number of fused-ring (bicyclic) bond motifs is 1. The third kappa shape index (κ3) is 3.49. The van der Waals surface area contributed by atoms with E-state index in [0.717, 1.165) is 21.9 Å². The minimum absolute atomic E-state index is 0.173. The highest BCUT2D eigenvalue weighted by atomic mass is 32.2. The molecule has 27 heavy (non-hydrogen) atoms. The highest BCUT2D eigenvalue weighted by Crippen LogP contribution is 2.32. The lowest BCUT2D eigenvalue weighted by Gasteiger charge is -2.12. The Morgan fingerprint density at radius 1 is 0.963 bits per heavy atom. The van der Waals surface area contributed by atoms with Gasteiger partial charge in [-0.05, 0) is 48.5 Å². The van der Waals surface area contributed by atoms with Crippen molar-refractivity contribution in [3.63, 3.8) is 0 Å². The van der Waals surface area contributed by atoms with E-state index in [2.05, 4.69) is 10.7 Å². The Hall–Kier alpha value is -2.96. The maximum atomic E-state index is 13.1. The molecule has 0 fully saturated rings. The van der Waals surface area contributed by atoms with Gasteiger partial charge in [0.1, 0.15) is 4.90 Å². The van der Waals surface area contributed by atoms with E-state index >= 15 is 0 Å². The summed E-state index contributed by atoms with van der Waals surface area (Å²) in [5.41, 5.74) is 6.92. The number of hydrogen-bond acceptors (Lipinski definition) is 4. The topological polar surface area (TPSA) is 78.0 Å². The number of hydrogen-bond donors (Lipinski definition) is 1. The molecule has 138 valence electrons. The van der Waals surface area contributed by atoms with Crippen LogP contribution < -0.4 is 5.73 Å². The number of rotatable bonds is 3. The van der Waals surface area contributed by atoms with Gasteiger partial charge >= 0.3 is 0 Å². The van der Waals surface area contributed by atoms with E-state index in [4.69, 9.17) is 0 Å². The lowest BCUT2D eigenvalue weighted by atomic mass is 10.0. The van der Waals surface area contributed by atoms with Gasteiger partial charge in [0.25, 0.3) is 10.0 Å². The van der Waals surface area contributed by atoms with Crippen LogP contribution >= 0.6 is 0 Å². The summed E-state index contributed by atoms with van der Waals surface area (Å²) in [6.07, 6.45) is 4.59. The van der Waals surface area contributed by atoms with Crippen LogP contribution in [0, 0.1) is 6.92 Å². The Morgan fingerprint density at radius 2 is 1.70 bits per heavy atom. The lowest BCUT2D eigenvalue weighted by Crippen LogP contribution is -2.13. The monoisotopic (exact) mass is 379 g/mol. The molecule has 0 spiro atoms. The summed E-state index contributed by atoms with van der Waals surface area (Å²) in [5.74, 6) is 0. The first-order valence-electron chi connectivity index (χ1n) is 8.48. The molecule has 0 saturated carbocycles. The Balaban J connectivity index is 0.00000102. The van der Waals surface area contributed by atoms with Crippen molar-refractivity contribution in [3.8, 4) is 11.3 Å². The second-order valence-corrected chi connectivity index (χ2v) is 7.73. The second-order valence-electron chi connectivity index (χ2n) is 5.92. The number of nitrogens with zero attached hydrogens (tertiary/aromatic N) is 2. The molecule has 2 N–H and O–H groups in total. The summed E-state index contributed by atoms with van der Waals surface area (Å²) in [7, 11) is -2.21. The van der Waals surface area contributed by atoms with E-state index in [9.17, 15) is 8.42 Å². The molecule has 0 aliphatic rings. The van der Waals surface area contributed by atoms with Crippen LogP contribution in [-0.4, -0.2) is 24.4 Å². The largest absolute Gasteiger partial charge is 0.333 e. The van der Waals surface area contributed by atoms with Crippen LogP contribution in [0.1, 0.15) is 5.56 Å². The predicted octanol–water partition coefficient (Wildman–Crippen LogP) is 3.82. The molecule has 4 aromatic rings. The van der Waals surface area contributed by atoms with Crippen molar-refractivity contribution in [1.82, 2.24) is 8.96 Å². The summed E-state index contributed by atoms with van der Waals surface area (Å²) < 4.78 is 27.5. The van der Waals surface area contributed by atoms with Gasteiger partial charge in [0, 0.05) is 24.2 Å². The molecule has 0 amide bonds. The minimum Gasteiger partial charge on any atom is -0.333 e. The first kappa shape index (κ1) is 18.8. The normalized spacial score (nSPS) is 11.1. The number of aryl methyl sites for hydroxylation is 1. The highest BCUT2D eigenvalue weighted by Gasteiger charge is 2.22. The number of benzene rings is 2. The van der Waals surface area contributed by atoms with Crippen LogP contribution in [0.3, 0.4) is 0 Å². The maximum absolute atomic E-state index is 13.1. The van der Waals surface area contributed by atoms with Crippen molar-refractivity contribution in [2.24, 2.45) is 5.73 Å². The van der Waals surface area contributed by atoms with E-state index in [-0.39, 0.29) is 4.90 Å². The van der Waals surface area contributed by atoms with Gasteiger partial charge < -0.3 is 5.73 Å². The van der Waals surface area contributed by atoms with Gasteiger partial charge in [0.15, 0.2) is 0 Å². The molecule has 2 heterocycles. The fraction of sp³-hybridized carbons (Fsp3) is 0.0952. The molecule has 2 aromatic carbocycles. The summed E-state index contributed by atoms with van der Waals surface area (Å²) in [6, 6.07) is 19.0. The summed E-state index contributed by atoms with van der Waals surface area (Å²) >= 11 is 0. The zero-order valence-electron chi connectivity index (χ0n) is 15.2. The standard InChI is InChI=1S/C20H16N2O2S.CH5N/c1-15-12-20(19-10-4-7-16-6-2-3-9-18(16)19)22(14-15)25(23,24)17-8-5-11-21-13-17;1-2/h2-14H,1H3;2H2,1H3. The molecule has 4 rings (SSSR count). The van der Waals surface area contributed by atoms with Crippen LogP contribution in [0.15, 0.2) is 84.1 Å². The third-order valence-electron chi connectivity index (χ3n) is 4.18. The van der Waals surface area contributed by atoms with E-state index in [0.29, 0.717) is 5.69 Å². The molecular formula is C21H21N3O2S. The van der Waals surface area contributed by atoms with Gasteiger partial charge in [-0.1, -0.05) is 42.5 Å². The Morgan fingerprint density at radius 3 is 2.44 bits per heavy atom. The third-order valence-corrected chi connectivity index (χ3v) is 5.84. The van der Waals surface area contributed by atoms with Crippen LogP contribution in [0.2, 0.25) is 0 Å². The second kappa shape index (κ2) is 7.73. The molecule has 0 atom stereocenters. The zero-order valence-corrected chi connectivity index (χ0v) is 16.0. The van der Waals surface area contributed by atoms with Gasteiger partial charge in [-0.15, -0.1) is 0 Å². The summed E-state index contributed by atoms with van der Waals surface area (Å²) in [6.45, 7) is 1.89. The van der Waals surface area contributed by atoms with Crippen molar-refractivity contribution in [2.45, 2.75) is 11.8 Å². The Labute approximate surface area is 159 Å². The molecule has 5 nitrogen and oxygen atoms in total. The average Bonchev–Trinajstić information content (AvgIpc) is 3.12. The van der Waals surface area contributed by atoms with Crippen molar-refractivity contribution < 1.29 is 8.42 Å². The predicted molar refractivity (Wildman–Crippen MR) is 109 cm³/mol. The molecule has 0 aliphatic heterocycles. The van der Waals surface area contributed by atoms with E-state index in [1.54, 1.807) is 24.5 Å². The molecule has 0 unspecified atom stereocenters. The van der Waals surface area contributed by atoms with E-state index in [1.807, 2.05) is 55.5 Å². The zero-order chi connectivity index (χ0) is 19.4. The lowest BCUT2D eigenvalue weighted by molar-refractivity contribution is 0.587. The molecular weight excluding hydrogens is 358 g/mol. The molecule has 0 aliphatic carbocycles. The smallest absolute Gasteiger partial charge is 0.269 e. The number of aromatic nitrogens is 2. The van der Waals surface area contributed by atoms with Crippen LogP contribution in [0.4, 0.5) is 0 Å². The SMILES string of the molecule is CN.Cc1cc(-c2cccc3ccccc23)n(S(=O)(=O)c2cccnc2)c1. The Bertz CT molecular complexity index is 1160.